The molecule has 0 atom stereocenters. The third-order valence-corrected chi connectivity index (χ3v) is 3.61. The largest absolute Gasteiger partial charge is 0.489 e. The minimum Gasteiger partial charge on any atom is -0.489 e. The molecule has 0 spiro atoms. The van der Waals surface area contributed by atoms with Crippen LogP contribution in [0.3, 0.4) is 0 Å². The van der Waals surface area contributed by atoms with E-state index in [-0.39, 0.29) is 0 Å². The molecule has 2 aliphatic rings. The summed E-state index contributed by atoms with van der Waals surface area (Å²) in [6.45, 7) is 0.805. The van der Waals surface area contributed by atoms with Crippen molar-refractivity contribution in [2.75, 3.05) is 18.1 Å². The summed E-state index contributed by atoms with van der Waals surface area (Å²) in [7, 11) is 0. The van der Waals surface area contributed by atoms with E-state index >= 15 is 0 Å². The number of benzene rings is 1. The quantitative estimate of drug-likeness (QED) is 0.622. The SMILES string of the molecule is c1ccc2c(c1)OCC1=C2CSC1. The maximum Gasteiger partial charge on any atom is 0.127 e. The number of para-hydroxylation sites is 1. The molecular formula is C11H10OS. The van der Waals surface area contributed by atoms with Crippen LogP contribution in [0.2, 0.25) is 0 Å². The Bertz CT molecular complexity index is 381. The van der Waals surface area contributed by atoms with Crippen LogP contribution in [-0.2, 0) is 0 Å². The molecule has 0 unspecified atom stereocenters. The van der Waals surface area contributed by atoms with Gasteiger partial charge >= 0.3 is 0 Å². The fraction of sp³-hybridized carbons (Fsp3) is 0.273. The molecule has 0 aromatic heterocycles. The molecule has 1 aromatic rings. The summed E-state index contributed by atoms with van der Waals surface area (Å²) in [5.41, 5.74) is 4.32. The van der Waals surface area contributed by atoms with Gasteiger partial charge in [-0.2, -0.15) is 11.8 Å². The van der Waals surface area contributed by atoms with Crippen LogP contribution in [0.15, 0.2) is 29.8 Å². The van der Waals surface area contributed by atoms with Crippen molar-refractivity contribution >= 4 is 17.3 Å². The standard InChI is InChI=1S/C11H10OS/c1-2-4-11-9(3-1)10-7-13-6-8(10)5-12-11/h1-4H,5-7H2. The molecule has 0 radical (unpaired) electrons. The zero-order chi connectivity index (χ0) is 8.67. The lowest BCUT2D eigenvalue weighted by Gasteiger charge is -2.18. The van der Waals surface area contributed by atoms with Crippen LogP contribution in [0.4, 0.5) is 0 Å². The molecule has 0 N–H and O–H groups in total. The van der Waals surface area contributed by atoms with Crippen molar-refractivity contribution < 1.29 is 4.74 Å². The monoisotopic (exact) mass is 190 g/mol. The van der Waals surface area contributed by atoms with E-state index in [1.807, 2.05) is 17.8 Å². The smallest absolute Gasteiger partial charge is 0.127 e. The molecule has 0 amide bonds. The lowest BCUT2D eigenvalue weighted by atomic mass is 10.00. The first-order valence-electron chi connectivity index (χ1n) is 4.46. The van der Waals surface area contributed by atoms with Crippen LogP contribution in [0.1, 0.15) is 5.56 Å². The van der Waals surface area contributed by atoms with E-state index in [1.165, 1.54) is 16.7 Å². The van der Waals surface area contributed by atoms with Gasteiger partial charge in [-0.1, -0.05) is 18.2 Å². The van der Waals surface area contributed by atoms with Crippen molar-refractivity contribution in [2.24, 2.45) is 0 Å². The lowest BCUT2D eigenvalue weighted by Crippen LogP contribution is -2.09. The van der Waals surface area contributed by atoms with Crippen molar-refractivity contribution in [3.63, 3.8) is 0 Å². The highest BCUT2D eigenvalue weighted by atomic mass is 32.2. The average Bonchev–Trinajstić information content (AvgIpc) is 2.65. The summed E-state index contributed by atoms with van der Waals surface area (Å²) < 4.78 is 5.67. The Labute approximate surface area is 81.8 Å². The average molecular weight is 190 g/mol. The maximum atomic E-state index is 5.67. The molecule has 2 heteroatoms. The van der Waals surface area contributed by atoms with E-state index in [0.29, 0.717) is 0 Å². The number of hydrogen-bond donors (Lipinski definition) is 0. The maximum absolute atomic E-state index is 5.67. The second kappa shape index (κ2) is 2.81. The molecule has 66 valence electrons. The Morgan fingerprint density at radius 2 is 2.08 bits per heavy atom. The van der Waals surface area contributed by atoms with Crippen LogP contribution >= 0.6 is 11.8 Å². The van der Waals surface area contributed by atoms with Crippen molar-refractivity contribution in [3.8, 4) is 5.75 Å². The van der Waals surface area contributed by atoms with E-state index in [1.54, 1.807) is 0 Å². The first-order valence-corrected chi connectivity index (χ1v) is 5.61. The predicted molar refractivity (Wildman–Crippen MR) is 56.2 cm³/mol. The third-order valence-electron chi connectivity index (χ3n) is 2.56. The van der Waals surface area contributed by atoms with Gasteiger partial charge in [0, 0.05) is 17.1 Å². The molecule has 0 bridgehead atoms. The highest BCUT2D eigenvalue weighted by molar-refractivity contribution is 8.00. The highest BCUT2D eigenvalue weighted by Gasteiger charge is 2.23. The zero-order valence-corrected chi connectivity index (χ0v) is 8.06. The van der Waals surface area contributed by atoms with Crippen LogP contribution in [0, 0.1) is 0 Å². The first-order chi connectivity index (χ1) is 6.45. The van der Waals surface area contributed by atoms with Crippen molar-refractivity contribution in [3.05, 3.63) is 35.4 Å². The molecule has 0 fully saturated rings. The fourth-order valence-corrected chi connectivity index (χ4v) is 3.04. The summed E-state index contributed by atoms with van der Waals surface area (Å²) in [6.07, 6.45) is 0. The molecule has 0 aliphatic carbocycles. The summed E-state index contributed by atoms with van der Waals surface area (Å²) in [5, 5.41) is 0. The number of fused-ring (bicyclic) bond motifs is 2. The minimum absolute atomic E-state index is 0.805. The molecule has 0 saturated carbocycles. The van der Waals surface area contributed by atoms with E-state index in [2.05, 4.69) is 18.2 Å². The summed E-state index contributed by atoms with van der Waals surface area (Å²) in [6, 6.07) is 8.34. The lowest BCUT2D eigenvalue weighted by molar-refractivity contribution is 0.347. The highest BCUT2D eigenvalue weighted by Crippen LogP contribution is 2.39. The molecule has 3 rings (SSSR count). The van der Waals surface area contributed by atoms with Gasteiger partial charge in [0.1, 0.15) is 12.4 Å². The van der Waals surface area contributed by atoms with Gasteiger partial charge in [0.15, 0.2) is 0 Å². The van der Waals surface area contributed by atoms with E-state index < -0.39 is 0 Å². The van der Waals surface area contributed by atoms with E-state index in [4.69, 9.17) is 4.74 Å². The summed E-state index contributed by atoms with van der Waals surface area (Å²) >= 11 is 1.99. The van der Waals surface area contributed by atoms with Gasteiger partial charge in [-0.3, -0.25) is 0 Å². The minimum atomic E-state index is 0.805. The Kier molecular flexibility index (Phi) is 1.62. The van der Waals surface area contributed by atoms with Crippen molar-refractivity contribution in [1.29, 1.82) is 0 Å². The topological polar surface area (TPSA) is 9.23 Å². The predicted octanol–water partition coefficient (Wildman–Crippen LogP) is 2.58. The van der Waals surface area contributed by atoms with Gasteiger partial charge in [-0.25, -0.2) is 0 Å². The van der Waals surface area contributed by atoms with Crippen LogP contribution in [-0.4, -0.2) is 18.1 Å². The molecule has 0 saturated heterocycles. The Hall–Kier alpha value is -0.890. The molecule has 13 heavy (non-hydrogen) atoms. The van der Waals surface area contributed by atoms with Crippen molar-refractivity contribution in [2.45, 2.75) is 0 Å². The second-order valence-electron chi connectivity index (χ2n) is 3.36. The van der Waals surface area contributed by atoms with Crippen LogP contribution < -0.4 is 4.74 Å². The van der Waals surface area contributed by atoms with Crippen molar-refractivity contribution in [1.82, 2.24) is 0 Å². The van der Waals surface area contributed by atoms with Gasteiger partial charge in [0.05, 0.1) is 0 Å². The first kappa shape index (κ1) is 7.51. The Morgan fingerprint density at radius 1 is 1.15 bits per heavy atom. The van der Waals surface area contributed by atoms with Gasteiger partial charge in [-0.15, -0.1) is 0 Å². The normalized spacial score (nSPS) is 19.4. The number of ether oxygens (including phenoxy) is 1. The summed E-state index contributed by atoms with van der Waals surface area (Å²) in [4.78, 5) is 0. The van der Waals surface area contributed by atoms with Gasteiger partial charge in [0.2, 0.25) is 0 Å². The van der Waals surface area contributed by atoms with Crippen LogP contribution in [0.5, 0.6) is 5.75 Å². The van der Waals surface area contributed by atoms with Crippen LogP contribution in [0.25, 0.3) is 5.57 Å². The van der Waals surface area contributed by atoms with Gasteiger partial charge in [-0.05, 0) is 17.2 Å². The molecule has 1 nitrogen and oxygen atoms in total. The number of rotatable bonds is 0. The molecule has 2 heterocycles. The van der Waals surface area contributed by atoms with E-state index in [0.717, 1.165) is 23.9 Å². The van der Waals surface area contributed by atoms with Gasteiger partial charge < -0.3 is 4.74 Å². The summed E-state index contributed by atoms with van der Waals surface area (Å²) in [5.74, 6) is 3.38. The Balaban J connectivity index is 2.18. The molecule has 1 aromatic carbocycles. The molecule has 2 aliphatic heterocycles. The second-order valence-corrected chi connectivity index (χ2v) is 4.35. The number of thioether (sulfide) groups is 1. The fourth-order valence-electron chi connectivity index (χ4n) is 1.87. The zero-order valence-electron chi connectivity index (χ0n) is 7.25. The molecular weight excluding hydrogens is 180 g/mol. The number of hydrogen-bond acceptors (Lipinski definition) is 2. The third kappa shape index (κ3) is 1.09. The van der Waals surface area contributed by atoms with Gasteiger partial charge in [0.25, 0.3) is 0 Å². The van der Waals surface area contributed by atoms with E-state index in [9.17, 15) is 0 Å². The Morgan fingerprint density at radius 3 is 3.08 bits per heavy atom.